The van der Waals surface area contributed by atoms with E-state index in [9.17, 15) is 14.4 Å². The van der Waals surface area contributed by atoms with E-state index in [4.69, 9.17) is 15.6 Å². The van der Waals surface area contributed by atoms with Gasteiger partial charge in [0.15, 0.2) is 6.61 Å². The summed E-state index contributed by atoms with van der Waals surface area (Å²) in [5.74, 6) is -2.86. The molecule has 2 rings (SSSR count). The third-order valence-corrected chi connectivity index (χ3v) is 3.65. The molecule has 0 aromatic heterocycles. The summed E-state index contributed by atoms with van der Waals surface area (Å²) in [5.41, 5.74) is 6.57. The maximum atomic E-state index is 12.4. The van der Waals surface area contributed by atoms with Gasteiger partial charge in [0.2, 0.25) is 11.6 Å². The Morgan fingerprint density at radius 2 is 1.80 bits per heavy atom. The summed E-state index contributed by atoms with van der Waals surface area (Å²) in [4.78, 5) is 35.3. The molecule has 25 heavy (non-hydrogen) atoms. The molecule has 0 saturated heterocycles. The number of carboxylic acid groups (broad SMARTS) is 1. The van der Waals surface area contributed by atoms with Gasteiger partial charge in [-0.15, -0.1) is 0 Å². The first kappa shape index (κ1) is 18.4. The highest BCUT2D eigenvalue weighted by atomic mass is 79.9. The summed E-state index contributed by atoms with van der Waals surface area (Å²) in [5, 5.41) is 8.70. The number of aliphatic carboxylic acids is 1. The van der Waals surface area contributed by atoms with Crippen LogP contribution in [0, 0.1) is 0 Å². The number of carbonyl (C=O) groups excluding carboxylic acids is 2. The minimum atomic E-state index is -1.19. The second kappa shape index (κ2) is 8.25. The third-order valence-electron chi connectivity index (χ3n) is 3.15. The fourth-order valence-electron chi connectivity index (χ4n) is 2.00. The molecule has 0 fully saturated rings. The molecule has 2 aromatic carbocycles. The second-order valence-corrected chi connectivity index (χ2v) is 5.90. The monoisotopic (exact) mass is 403 g/mol. The molecule has 0 heterocycles. The molecule has 0 bridgehead atoms. The van der Waals surface area contributed by atoms with E-state index in [0.717, 1.165) is 6.08 Å². The number of benzene rings is 2. The van der Waals surface area contributed by atoms with Crippen molar-refractivity contribution in [1.82, 2.24) is 0 Å². The minimum Gasteiger partial charge on any atom is -0.481 e. The van der Waals surface area contributed by atoms with E-state index < -0.39 is 24.1 Å². The molecule has 2 aromatic rings. The quantitative estimate of drug-likeness (QED) is 0.418. The van der Waals surface area contributed by atoms with Crippen molar-refractivity contribution in [3.05, 3.63) is 70.2 Å². The predicted molar refractivity (Wildman–Crippen MR) is 95.2 cm³/mol. The number of ketones is 2. The second-order valence-electron chi connectivity index (χ2n) is 4.98. The van der Waals surface area contributed by atoms with E-state index in [1.807, 2.05) is 0 Å². The van der Waals surface area contributed by atoms with Crippen LogP contribution < -0.4 is 10.5 Å². The number of hydrogen-bond donors (Lipinski definition) is 2. The Morgan fingerprint density at radius 1 is 1.12 bits per heavy atom. The first-order valence-electron chi connectivity index (χ1n) is 7.14. The van der Waals surface area contributed by atoms with Crippen LogP contribution in [0.4, 0.5) is 0 Å². The number of carbonyl (C=O) groups is 3. The van der Waals surface area contributed by atoms with Crippen molar-refractivity contribution in [2.24, 2.45) is 5.73 Å². The van der Waals surface area contributed by atoms with Crippen LogP contribution in [0.1, 0.15) is 15.9 Å². The lowest BCUT2D eigenvalue weighted by Gasteiger charge is -2.09. The normalized spacial score (nSPS) is 11.0. The summed E-state index contributed by atoms with van der Waals surface area (Å²) in [6.07, 6.45) is 1.04. The molecular formula is C18H14BrNO5. The molecule has 6 nitrogen and oxygen atoms in total. The Bertz CT molecular complexity index is 846. The number of hydrogen-bond acceptors (Lipinski definition) is 5. The Kier molecular flexibility index (Phi) is 6.08. The average Bonchev–Trinajstić information content (AvgIpc) is 2.60. The summed E-state index contributed by atoms with van der Waals surface area (Å²) >= 11 is 3.21. The Balaban J connectivity index is 2.28. The Labute approximate surface area is 152 Å². The van der Waals surface area contributed by atoms with E-state index in [-0.39, 0.29) is 17.0 Å². The number of Topliss-reactive ketones (excluding diaryl/α,β-unsaturated/α-hetero) is 1. The van der Waals surface area contributed by atoms with Gasteiger partial charge in [-0.1, -0.05) is 46.3 Å². The number of nitrogens with two attached hydrogens (primary N) is 1. The van der Waals surface area contributed by atoms with Crippen LogP contribution in [0.2, 0.25) is 0 Å². The summed E-state index contributed by atoms with van der Waals surface area (Å²) in [7, 11) is 0. The van der Waals surface area contributed by atoms with Gasteiger partial charge in [-0.05, 0) is 23.8 Å². The topological polar surface area (TPSA) is 107 Å². The zero-order valence-corrected chi connectivity index (χ0v) is 14.5. The predicted octanol–water partition coefficient (Wildman–Crippen LogP) is 2.66. The minimum absolute atomic E-state index is 0.00984. The van der Waals surface area contributed by atoms with Gasteiger partial charge in [0.1, 0.15) is 5.75 Å². The van der Waals surface area contributed by atoms with Crippen LogP contribution in [0.25, 0.3) is 5.70 Å². The van der Waals surface area contributed by atoms with Gasteiger partial charge < -0.3 is 15.6 Å². The zero-order chi connectivity index (χ0) is 18.4. The van der Waals surface area contributed by atoms with Crippen molar-refractivity contribution in [3.63, 3.8) is 0 Å². The van der Waals surface area contributed by atoms with E-state index in [2.05, 4.69) is 15.9 Å². The van der Waals surface area contributed by atoms with Crippen LogP contribution in [-0.2, 0) is 9.59 Å². The van der Waals surface area contributed by atoms with Crippen LogP contribution in [0.15, 0.2) is 59.1 Å². The van der Waals surface area contributed by atoms with Crippen molar-refractivity contribution >= 4 is 39.2 Å². The number of rotatable bonds is 7. The number of allylic oxidation sites excluding steroid dienone is 1. The Hall–Kier alpha value is -2.93. The standard InChI is InChI=1S/C18H14BrNO5/c19-12-6-7-16(25-10-17(22)23)13(8-12)18(24)15(21)9-14(20)11-4-2-1-3-5-11/h1-9H,10,20H2,(H,22,23). The highest BCUT2D eigenvalue weighted by Gasteiger charge is 2.20. The van der Waals surface area contributed by atoms with Gasteiger partial charge in [0, 0.05) is 16.2 Å². The molecule has 0 amide bonds. The molecule has 7 heteroatoms. The maximum Gasteiger partial charge on any atom is 0.341 e. The lowest BCUT2D eigenvalue weighted by Crippen LogP contribution is -2.17. The van der Waals surface area contributed by atoms with Gasteiger partial charge in [0.05, 0.1) is 5.56 Å². The van der Waals surface area contributed by atoms with Crippen LogP contribution in [-0.4, -0.2) is 29.2 Å². The molecule has 0 radical (unpaired) electrons. The molecular weight excluding hydrogens is 390 g/mol. The first-order chi connectivity index (χ1) is 11.9. The van der Waals surface area contributed by atoms with Crippen molar-refractivity contribution in [3.8, 4) is 5.75 Å². The summed E-state index contributed by atoms with van der Waals surface area (Å²) < 4.78 is 5.62. The zero-order valence-electron chi connectivity index (χ0n) is 12.9. The molecule has 0 aliphatic carbocycles. The lowest BCUT2D eigenvalue weighted by atomic mass is 10.0. The SMILES string of the molecule is NC(=CC(=O)C(=O)c1cc(Br)ccc1OCC(=O)O)c1ccccc1. The molecule has 0 atom stereocenters. The van der Waals surface area contributed by atoms with E-state index in [1.165, 1.54) is 12.1 Å². The molecule has 3 N–H and O–H groups in total. The number of ether oxygens (including phenoxy) is 1. The highest BCUT2D eigenvalue weighted by molar-refractivity contribution is 9.10. The van der Waals surface area contributed by atoms with Gasteiger partial charge in [0.25, 0.3) is 0 Å². The van der Waals surface area contributed by atoms with Gasteiger partial charge >= 0.3 is 5.97 Å². The van der Waals surface area contributed by atoms with E-state index in [0.29, 0.717) is 10.0 Å². The van der Waals surface area contributed by atoms with Crippen molar-refractivity contribution in [2.45, 2.75) is 0 Å². The van der Waals surface area contributed by atoms with Crippen molar-refractivity contribution < 1.29 is 24.2 Å². The van der Waals surface area contributed by atoms with E-state index in [1.54, 1.807) is 36.4 Å². The number of halogens is 1. The smallest absolute Gasteiger partial charge is 0.341 e. The van der Waals surface area contributed by atoms with Crippen molar-refractivity contribution in [2.75, 3.05) is 6.61 Å². The van der Waals surface area contributed by atoms with Crippen molar-refractivity contribution in [1.29, 1.82) is 0 Å². The highest BCUT2D eigenvalue weighted by Crippen LogP contribution is 2.24. The van der Waals surface area contributed by atoms with Gasteiger partial charge in [-0.25, -0.2) is 4.79 Å². The summed E-state index contributed by atoms with van der Waals surface area (Å²) in [6.45, 7) is -0.627. The largest absolute Gasteiger partial charge is 0.481 e. The molecule has 0 aliphatic rings. The average molecular weight is 404 g/mol. The fraction of sp³-hybridized carbons (Fsp3) is 0.0556. The molecule has 0 unspecified atom stereocenters. The van der Waals surface area contributed by atoms with Crippen LogP contribution >= 0.6 is 15.9 Å². The van der Waals surface area contributed by atoms with Gasteiger partial charge in [-0.2, -0.15) is 0 Å². The maximum absolute atomic E-state index is 12.4. The number of carboxylic acids is 1. The van der Waals surface area contributed by atoms with E-state index >= 15 is 0 Å². The molecule has 0 spiro atoms. The third kappa shape index (κ3) is 5.02. The molecule has 128 valence electrons. The Morgan fingerprint density at radius 3 is 2.44 bits per heavy atom. The fourth-order valence-corrected chi connectivity index (χ4v) is 2.36. The summed E-state index contributed by atoms with van der Waals surface area (Å²) in [6, 6.07) is 13.1. The molecule has 0 aliphatic heterocycles. The molecule has 0 saturated carbocycles. The van der Waals surface area contributed by atoms with Crippen LogP contribution in [0.5, 0.6) is 5.75 Å². The van der Waals surface area contributed by atoms with Gasteiger partial charge in [-0.3, -0.25) is 9.59 Å². The van der Waals surface area contributed by atoms with Crippen LogP contribution in [0.3, 0.4) is 0 Å². The first-order valence-corrected chi connectivity index (χ1v) is 7.93. The lowest BCUT2D eigenvalue weighted by molar-refractivity contribution is -0.139.